The average Bonchev–Trinajstić information content (AvgIpc) is 3.84. The van der Waals surface area contributed by atoms with Crippen LogP contribution in [0, 0.1) is 11.6 Å². The predicted octanol–water partition coefficient (Wildman–Crippen LogP) is 4.09. The highest BCUT2D eigenvalue weighted by atomic mass is 19.3. The molecule has 0 radical (unpaired) electrons. The maximum atomic E-state index is 16.2. The normalized spacial score (nSPS) is 15.9. The van der Waals surface area contributed by atoms with Gasteiger partial charge in [0.05, 0.1) is 30.6 Å². The first kappa shape index (κ1) is 37.3. The number of aliphatic hydroxyl groups excluding tert-OH is 1. The molecule has 5 heterocycles. The van der Waals surface area contributed by atoms with E-state index < -0.39 is 53.1 Å². The molecule has 55 heavy (non-hydrogen) atoms. The second-order valence-electron chi connectivity index (χ2n) is 13.3. The molecule has 0 bridgehead atoms. The van der Waals surface area contributed by atoms with E-state index in [0.29, 0.717) is 42.5 Å². The Morgan fingerprint density at radius 1 is 0.855 bits per heavy atom. The molecule has 6 aromatic rings. The van der Waals surface area contributed by atoms with E-state index in [-0.39, 0.29) is 5.69 Å². The molecule has 0 saturated carbocycles. The zero-order valence-electron chi connectivity index (χ0n) is 29.8. The third kappa shape index (κ3) is 7.17. The Labute approximate surface area is 311 Å². The van der Waals surface area contributed by atoms with Gasteiger partial charge in [0.15, 0.2) is 5.60 Å². The number of rotatable bonds is 12. The van der Waals surface area contributed by atoms with Gasteiger partial charge in [-0.2, -0.15) is 13.9 Å². The Balaban J connectivity index is 1.00. The monoisotopic (exact) mass is 759 g/mol. The van der Waals surface area contributed by atoms with Gasteiger partial charge in [0.25, 0.3) is 0 Å². The highest BCUT2D eigenvalue weighted by Crippen LogP contribution is 2.47. The minimum atomic E-state index is -4.16. The van der Waals surface area contributed by atoms with Gasteiger partial charge in [-0.25, -0.2) is 32.5 Å². The van der Waals surface area contributed by atoms with Gasteiger partial charge in [-0.15, -0.1) is 5.10 Å². The molecular weight excluding hydrogens is 722 g/mol. The molecule has 0 amide bonds. The van der Waals surface area contributed by atoms with E-state index in [4.69, 9.17) is 0 Å². The summed E-state index contributed by atoms with van der Waals surface area (Å²) in [6.07, 6.45) is 5.19. The van der Waals surface area contributed by atoms with Crippen LogP contribution in [-0.2, 0) is 18.1 Å². The molecule has 1 unspecified atom stereocenters. The van der Waals surface area contributed by atoms with Crippen molar-refractivity contribution < 1.29 is 27.8 Å². The van der Waals surface area contributed by atoms with E-state index in [1.807, 2.05) is 37.3 Å². The number of benzene rings is 2. The van der Waals surface area contributed by atoms with Gasteiger partial charge in [0, 0.05) is 55.3 Å². The molecule has 2 aromatic carbocycles. The topological polar surface area (TPSA) is 156 Å². The van der Waals surface area contributed by atoms with Crippen LogP contribution in [0.4, 0.5) is 28.9 Å². The number of tetrazole rings is 1. The average molecular weight is 760 g/mol. The summed E-state index contributed by atoms with van der Waals surface area (Å²) < 4.78 is 64.3. The summed E-state index contributed by atoms with van der Waals surface area (Å²) >= 11 is 0. The summed E-state index contributed by atoms with van der Waals surface area (Å²) in [7, 11) is 0. The summed E-state index contributed by atoms with van der Waals surface area (Å²) in [6, 6.07) is 15.3. The van der Waals surface area contributed by atoms with Gasteiger partial charge in [-0.3, -0.25) is 4.98 Å². The number of halogens is 4. The maximum Gasteiger partial charge on any atom is 0.351 e. The first-order valence-corrected chi connectivity index (χ1v) is 17.5. The first-order valence-electron chi connectivity index (χ1n) is 17.5. The molecule has 1 fully saturated rings. The van der Waals surface area contributed by atoms with Crippen molar-refractivity contribution in [2.45, 2.75) is 50.5 Å². The number of pyridine rings is 2. The Kier molecular flexibility index (Phi) is 10.2. The molecule has 4 aromatic heterocycles. The lowest BCUT2D eigenvalue weighted by molar-refractivity contribution is -0.207. The molecule has 3 atom stereocenters. The van der Waals surface area contributed by atoms with Crippen LogP contribution in [-0.4, -0.2) is 87.0 Å². The summed E-state index contributed by atoms with van der Waals surface area (Å²) in [6.45, 7) is 5.44. The smallest absolute Gasteiger partial charge is 0.351 e. The summed E-state index contributed by atoms with van der Waals surface area (Å²) in [5.74, 6) is -6.09. The van der Waals surface area contributed by atoms with Gasteiger partial charge in [-0.1, -0.05) is 25.1 Å². The van der Waals surface area contributed by atoms with Crippen molar-refractivity contribution in [2.75, 3.05) is 36.0 Å². The number of nitrogens with zero attached hydrogens (tertiary/aromatic N) is 11. The number of piperazine rings is 1. The maximum absolute atomic E-state index is 16.2. The predicted molar refractivity (Wildman–Crippen MR) is 193 cm³/mol. The van der Waals surface area contributed by atoms with Gasteiger partial charge in [0.2, 0.25) is 0 Å². The molecule has 1 aliphatic heterocycles. The fourth-order valence-electron chi connectivity index (χ4n) is 6.84. The van der Waals surface area contributed by atoms with Crippen molar-refractivity contribution in [3.05, 3.63) is 125 Å². The van der Waals surface area contributed by atoms with Crippen molar-refractivity contribution in [3.8, 4) is 16.9 Å². The molecule has 0 aliphatic carbocycles. The number of hydrogen-bond acceptors (Lipinski definition) is 11. The van der Waals surface area contributed by atoms with Crippen molar-refractivity contribution in [2.24, 2.45) is 0 Å². The summed E-state index contributed by atoms with van der Waals surface area (Å²) in [5.41, 5.74) is -2.15. The van der Waals surface area contributed by atoms with Crippen LogP contribution in [0.5, 0.6) is 0 Å². The number of aromatic nitrogens is 9. The highest BCUT2D eigenvalue weighted by Gasteiger charge is 2.58. The number of anilines is 2. The molecule has 0 spiro atoms. The molecule has 1 saturated heterocycles. The Morgan fingerprint density at radius 2 is 1.55 bits per heavy atom. The SMILES string of the molecule is CC[C@@H]([C@H](C)O)n1ncn(-c2ccc(N3CCN(c4ccc(-c5ccc(C(F)(F)C(O)(Cn6cnnn6)c6ccc(F)cc6F)nc5)cc4)CC3)cn2)c1=O. The first-order chi connectivity index (χ1) is 26.4. The molecule has 286 valence electrons. The van der Waals surface area contributed by atoms with Gasteiger partial charge in [-0.05, 0) is 71.8 Å². The Bertz CT molecular complexity index is 2280. The molecule has 2 N–H and O–H groups in total. The molecule has 14 nitrogen and oxygen atoms in total. The fraction of sp³-hybridized carbons (Fsp3) is 0.324. The largest absolute Gasteiger partial charge is 0.391 e. The van der Waals surface area contributed by atoms with E-state index in [2.05, 4.69) is 40.4 Å². The summed E-state index contributed by atoms with van der Waals surface area (Å²) in [5, 5.41) is 36.0. The van der Waals surface area contributed by atoms with Gasteiger partial charge < -0.3 is 20.0 Å². The lowest BCUT2D eigenvalue weighted by Crippen LogP contribution is -2.48. The second kappa shape index (κ2) is 15.0. The van der Waals surface area contributed by atoms with E-state index in [1.165, 1.54) is 27.8 Å². The Hall–Kier alpha value is -6.01. The van der Waals surface area contributed by atoms with Gasteiger partial charge >= 0.3 is 11.6 Å². The van der Waals surface area contributed by atoms with Crippen LogP contribution < -0.4 is 15.5 Å². The van der Waals surface area contributed by atoms with Crippen molar-refractivity contribution in [3.63, 3.8) is 0 Å². The van der Waals surface area contributed by atoms with E-state index in [9.17, 15) is 23.8 Å². The number of alkyl halides is 2. The van der Waals surface area contributed by atoms with Crippen LogP contribution >= 0.6 is 0 Å². The second-order valence-corrected chi connectivity index (χ2v) is 13.3. The molecule has 18 heteroatoms. The van der Waals surface area contributed by atoms with Gasteiger partial charge in [0.1, 0.15) is 35.8 Å². The number of aliphatic hydroxyl groups is 2. The van der Waals surface area contributed by atoms with E-state index >= 15 is 8.78 Å². The van der Waals surface area contributed by atoms with E-state index in [0.717, 1.165) is 53.7 Å². The third-order valence-electron chi connectivity index (χ3n) is 9.94. The Morgan fingerprint density at radius 3 is 2.13 bits per heavy atom. The lowest BCUT2D eigenvalue weighted by atomic mass is 9.84. The fourth-order valence-corrected chi connectivity index (χ4v) is 6.84. The van der Waals surface area contributed by atoms with Crippen LogP contribution in [0.1, 0.15) is 37.6 Å². The zero-order valence-corrected chi connectivity index (χ0v) is 29.8. The van der Waals surface area contributed by atoms with Crippen molar-refractivity contribution in [1.29, 1.82) is 0 Å². The van der Waals surface area contributed by atoms with Crippen LogP contribution in [0.25, 0.3) is 16.9 Å². The minimum Gasteiger partial charge on any atom is -0.391 e. The molecule has 7 rings (SSSR count). The standard InChI is InChI=1S/C37H37F4N11O3/c1-3-32(24(2)53)52-35(54)51(23-45-52)34-13-10-29(20-43-34)49-16-14-48(15-17-49)28-8-4-25(5-9-28)26-6-12-33(42-19-26)37(40,41)36(55,21-50-22-44-46-47-50)30-11-7-27(38)18-31(30)39/h4-13,18-20,22-24,32,53,55H,3,14-17,21H2,1-2H3/t24-,32-,36?/m0/s1. The zero-order chi connectivity index (χ0) is 38.9. The third-order valence-corrected chi connectivity index (χ3v) is 9.94. The quantitative estimate of drug-likeness (QED) is 0.173. The van der Waals surface area contributed by atoms with Crippen LogP contribution in [0.2, 0.25) is 0 Å². The highest BCUT2D eigenvalue weighted by molar-refractivity contribution is 5.66. The molecule has 1 aliphatic rings. The summed E-state index contributed by atoms with van der Waals surface area (Å²) in [4.78, 5) is 25.9. The van der Waals surface area contributed by atoms with Crippen LogP contribution in [0.3, 0.4) is 0 Å². The van der Waals surface area contributed by atoms with E-state index in [1.54, 1.807) is 19.2 Å². The lowest BCUT2D eigenvalue weighted by Gasteiger charge is -2.37. The number of hydrogen-bond donors (Lipinski definition) is 2. The molecular formula is C37H37F4N11O3. The van der Waals surface area contributed by atoms with Crippen molar-refractivity contribution >= 4 is 11.4 Å². The van der Waals surface area contributed by atoms with Crippen LogP contribution in [0.15, 0.2) is 96.6 Å². The minimum absolute atomic E-state index is 0.370. The van der Waals surface area contributed by atoms with Crippen molar-refractivity contribution in [1.82, 2.24) is 44.5 Å².